The van der Waals surface area contributed by atoms with Crippen LogP contribution in [0, 0.1) is 0 Å². The van der Waals surface area contributed by atoms with Crippen LogP contribution in [-0.2, 0) is 0 Å². The molecular weight excluding hydrogens is 681 g/mol. The Bertz CT molecular complexity index is 656. The lowest BCUT2D eigenvalue weighted by atomic mass is 10.0. The number of unbranched alkanes of at least 4 members (excludes halogenated alkanes) is 38. The van der Waals surface area contributed by atoms with Gasteiger partial charge in [-0.1, -0.05) is 291 Å². The summed E-state index contributed by atoms with van der Waals surface area (Å²) in [5, 5.41) is 13.0. The molecule has 0 aliphatic heterocycles. The van der Waals surface area contributed by atoms with Crippen LogP contribution in [0.1, 0.15) is 324 Å². The molecule has 0 aliphatic rings. The molecular formula is C53H112N2O. The van der Waals surface area contributed by atoms with E-state index in [1.165, 1.54) is 270 Å². The lowest BCUT2D eigenvalue weighted by Gasteiger charge is -2.20. The Morgan fingerprint density at radius 1 is 0.304 bits per heavy atom. The molecule has 0 aromatic carbocycles. The average molecular weight is 793 g/mol. The van der Waals surface area contributed by atoms with Crippen LogP contribution in [0.5, 0.6) is 0 Å². The van der Waals surface area contributed by atoms with Crippen LogP contribution < -0.4 is 11.1 Å². The zero-order chi connectivity index (χ0) is 41.3. The smallest absolute Gasteiger partial charge is 0.104 e. The van der Waals surface area contributed by atoms with Crippen molar-refractivity contribution in [2.75, 3.05) is 0 Å². The van der Waals surface area contributed by atoms with Crippen LogP contribution in [-0.4, -0.2) is 23.4 Å². The Hall–Kier alpha value is -0.120. The van der Waals surface area contributed by atoms with Crippen molar-refractivity contribution < 1.29 is 5.11 Å². The Balaban J connectivity index is 0. The second-order valence-corrected chi connectivity index (χ2v) is 18.4. The van der Waals surface area contributed by atoms with E-state index in [2.05, 4.69) is 33.0 Å². The molecule has 340 valence electrons. The van der Waals surface area contributed by atoms with Gasteiger partial charge in [-0.25, -0.2) is 0 Å². The molecule has 0 aliphatic carbocycles. The molecule has 0 fully saturated rings. The van der Waals surface area contributed by atoms with Crippen molar-refractivity contribution in [3.63, 3.8) is 0 Å². The van der Waals surface area contributed by atoms with Gasteiger partial charge in [0.1, 0.15) is 6.23 Å². The lowest BCUT2D eigenvalue weighted by Crippen LogP contribution is -2.37. The number of nitrogens with one attached hydrogen (secondary N) is 1. The van der Waals surface area contributed by atoms with Gasteiger partial charge >= 0.3 is 0 Å². The van der Waals surface area contributed by atoms with Crippen molar-refractivity contribution >= 4 is 0 Å². The maximum Gasteiger partial charge on any atom is 0.104 e. The van der Waals surface area contributed by atoms with Crippen LogP contribution in [0.25, 0.3) is 0 Å². The van der Waals surface area contributed by atoms with Crippen molar-refractivity contribution in [3.05, 3.63) is 0 Å². The zero-order valence-corrected chi connectivity index (χ0v) is 40.1. The van der Waals surface area contributed by atoms with Gasteiger partial charge in [-0.3, -0.25) is 5.32 Å². The summed E-state index contributed by atoms with van der Waals surface area (Å²) in [6.45, 7) is 11.0. The summed E-state index contributed by atoms with van der Waals surface area (Å²) in [4.78, 5) is 0. The van der Waals surface area contributed by atoms with E-state index in [1.807, 2.05) is 6.92 Å². The largest absolute Gasteiger partial charge is 0.379 e. The van der Waals surface area contributed by atoms with Gasteiger partial charge in [-0.15, -0.1) is 0 Å². The first-order chi connectivity index (χ1) is 27.5. The number of aliphatic hydroxyl groups is 1. The first-order valence-electron chi connectivity index (χ1n) is 26.7. The molecule has 3 nitrogen and oxygen atoms in total. The van der Waals surface area contributed by atoms with Crippen LogP contribution >= 0.6 is 0 Å². The number of aliphatic hydroxyl groups excluding tert-OH is 1. The third-order valence-corrected chi connectivity index (χ3v) is 12.7. The highest BCUT2D eigenvalue weighted by Crippen LogP contribution is 2.17. The van der Waals surface area contributed by atoms with Crippen LogP contribution in [0.4, 0.5) is 0 Å². The first kappa shape index (κ1) is 58.0. The van der Waals surface area contributed by atoms with Gasteiger partial charge in [0, 0.05) is 12.1 Å². The Morgan fingerprint density at radius 3 is 0.750 bits per heavy atom. The van der Waals surface area contributed by atoms with Gasteiger partial charge in [0.15, 0.2) is 0 Å². The molecule has 3 heteroatoms. The molecule has 0 rings (SSSR count). The molecule has 0 aromatic heterocycles. The van der Waals surface area contributed by atoms with Crippen molar-refractivity contribution in [1.29, 1.82) is 0 Å². The predicted octanol–water partition coefficient (Wildman–Crippen LogP) is 18.2. The summed E-state index contributed by atoms with van der Waals surface area (Å²) in [7, 11) is 0. The van der Waals surface area contributed by atoms with Crippen LogP contribution in [0.15, 0.2) is 0 Å². The van der Waals surface area contributed by atoms with E-state index in [0.717, 1.165) is 19.3 Å². The number of nitrogens with two attached hydrogens (primary N) is 1. The fourth-order valence-corrected chi connectivity index (χ4v) is 8.31. The lowest BCUT2D eigenvalue weighted by molar-refractivity contribution is 0.114. The molecule has 0 amide bonds. The third kappa shape index (κ3) is 51.9. The van der Waals surface area contributed by atoms with E-state index >= 15 is 0 Å². The Kier molecular flexibility index (Phi) is 54.8. The summed E-state index contributed by atoms with van der Waals surface area (Å²) >= 11 is 0. The highest BCUT2D eigenvalue weighted by Gasteiger charge is 2.09. The average Bonchev–Trinajstić information content (AvgIpc) is 3.21. The maximum atomic E-state index is 9.71. The van der Waals surface area contributed by atoms with Crippen LogP contribution in [0.3, 0.4) is 0 Å². The normalized spacial score (nSPS) is 13.1. The molecule has 0 heterocycles. The maximum absolute atomic E-state index is 9.71. The SMILES string of the molecule is CCCCCCCCCCCCCCCCCCCCCCC(CC)NC(O)CC.CCCCCCCCCCCCCCCCCCCCCCC(N)CC. The fourth-order valence-electron chi connectivity index (χ4n) is 8.31. The molecule has 0 radical (unpaired) electrons. The second-order valence-electron chi connectivity index (χ2n) is 18.4. The van der Waals surface area contributed by atoms with Gasteiger partial charge in [-0.2, -0.15) is 0 Å². The molecule has 0 saturated carbocycles. The number of rotatable bonds is 47. The second kappa shape index (κ2) is 52.9. The van der Waals surface area contributed by atoms with E-state index < -0.39 is 0 Å². The van der Waals surface area contributed by atoms with E-state index in [1.54, 1.807) is 0 Å². The molecule has 3 unspecified atom stereocenters. The topological polar surface area (TPSA) is 58.3 Å². The molecule has 56 heavy (non-hydrogen) atoms. The molecule has 3 atom stereocenters. The first-order valence-corrected chi connectivity index (χ1v) is 26.7. The quantitative estimate of drug-likeness (QED) is 0.0425. The van der Waals surface area contributed by atoms with Gasteiger partial charge in [0.05, 0.1) is 0 Å². The minimum Gasteiger partial charge on any atom is -0.379 e. The van der Waals surface area contributed by atoms with E-state index in [-0.39, 0.29) is 6.23 Å². The van der Waals surface area contributed by atoms with Gasteiger partial charge in [-0.05, 0) is 32.1 Å². The zero-order valence-electron chi connectivity index (χ0n) is 40.1. The monoisotopic (exact) mass is 793 g/mol. The highest BCUT2D eigenvalue weighted by atomic mass is 16.3. The molecule has 0 saturated heterocycles. The summed E-state index contributed by atoms with van der Waals surface area (Å²) in [6, 6.07) is 0.945. The van der Waals surface area contributed by atoms with Crippen molar-refractivity contribution in [3.8, 4) is 0 Å². The molecule has 4 N–H and O–H groups in total. The van der Waals surface area contributed by atoms with E-state index in [0.29, 0.717) is 12.1 Å². The molecule has 0 spiro atoms. The van der Waals surface area contributed by atoms with Gasteiger partial charge in [0.2, 0.25) is 0 Å². The van der Waals surface area contributed by atoms with Crippen molar-refractivity contribution in [2.24, 2.45) is 5.73 Å². The molecule has 0 bridgehead atoms. The Morgan fingerprint density at radius 2 is 0.536 bits per heavy atom. The van der Waals surface area contributed by atoms with Gasteiger partial charge in [0.25, 0.3) is 0 Å². The minimum atomic E-state index is -0.319. The summed E-state index contributed by atoms with van der Waals surface area (Å²) in [5.41, 5.74) is 5.95. The fraction of sp³-hybridized carbons (Fsp3) is 1.00. The van der Waals surface area contributed by atoms with Gasteiger partial charge < -0.3 is 10.8 Å². The standard InChI is InChI=1S/C28H59NO.C25H53N/c1-4-7-8-9-10-11-12-13-14-15-16-17-18-19-20-21-22-23-24-25-26-27(5-2)29-28(30)6-3;1-3-5-6-7-8-9-10-11-12-13-14-15-16-17-18-19-20-21-22-23-24-25(26)4-2/h27-30H,4-26H2,1-3H3;25H,3-24,26H2,1-2H3. The summed E-state index contributed by atoms with van der Waals surface area (Å²) < 4.78 is 0. The minimum absolute atomic E-state index is 0.319. The Labute approximate surface area is 356 Å². The number of hydrogen-bond donors (Lipinski definition) is 3. The third-order valence-electron chi connectivity index (χ3n) is 12.7. The number of hydrogen-bond acceptors (Lipinski definition) is 3. The predicted molar refractivity (Wildman–Crippen MR) is 257 cm³/mol. The van der Waals surface area contributed by atoms with E-state index in [4.69, 9.17) is 5.73 Å². The van der Waals surface area contributed by atoms with Crippen molar-refractivity contribution in [1.82, 2.24) is 5.32 Å². The summed E-state index contributed by atoms with van der Waals surface area (Å²) in [5.74, 6) is 0. The highest BCUT2D eigenvalue weighted by molar-refractivity contribution is 4.66. The summed E-state index contributed by atoms with van der Waals surface area (Å²) in [6.07, 6.45) is 63.0. The van der Waals surface area contributed by atoms with Crippen molar-refractivity contribution in [2.45, 2.75) is 342 Å². The van der Waals surface area contributed by atoms with E-state index in [9.17, 15) is 5.11 Å². The van der Waals surface area contributed by atoms with Crippen LogP contribution in [0.2, 0.25) is 0 Å². The molecule has 0 aromatic rings.